The molecule has 0 amide bonds. The molecule has 25 heavy (non-hydrogen) atoms. The molecule has 1 unspecified atom stereocenters. The number of aliphatic hydroxyl groups excluding tert-OH is 1. The Labute approximate surface area is 148 Å². The number of ether oxygens (including phenoxy) is 2. The maximum Gasteiger partial charge on any atom is 0.344 e. The van der Waals surface area contributed by atoms with Crippen LogP contribution in [-0.2, 0) is 19.6 Å². The Hall–Kier alpha value is -1.84. The van der Waals surface area contributed by atoms with E-state index in [2.05, 4.69) is 10.0 Å². The summed E-state index contributed by atoms with van der Waals surface area (Å²) in [6.07, 6.45) is 0.188. The van der Waals surface area contributed by atoms with Gasteiger partial charge in [-0.05, 0) is 24.6 Å². The van der Waals surface area contributed by atoms with Crippen LogP contribution in [0.5, 0.6) is 5.75 Å². The lowest BCUT2D eigenvalue weighted by Crippen LogP contribution is -2.28. The fourth-order valence-corrected chi connectivity index (χ4v) is 2.52. The van der Waals surface area contributed by atoms with Crippen molar-refractivity contribution in [1.82, 2.24) is 5.32 Å². The van der Waals surface area contributed by atoms with Gasteiger partial charge in [0.15, 0.2) is 6.61 Å². The van der Waals surface area contributed by atoms with E-state index in [9.17, 15) is 18.3 Å². The first kappa shape index (κ1) is 21.2. The van der Waals surface area contributed by atoms with Gasteiger partial charge in [-0.15, -0.1) is 0 Å². The molecule has 0 spiro atoms. The van der Waals surface area contributed by atoms with Gasteiger partial charge in [0.1, 0.15) is 5.75 Å². The van der Waals surface area contributed by atoms with Crippen LogP contribution in [0.25, 0.3) is 0 Å². The summed E-state index contributed by atoms with van der Waals surface area (Å²) in [4.78, 5) is 11.4. The molecule has 0 aliphatic rings. The van der Waals surface area contributed by atoms with Gasteiger partial charge in [-0.2, -0.15) is 0 Å². The lowest BCUT2D eigenvalue weighted by molar-refractivity contribution is -0.145. The Morgan fingerprint density at radius 1 is 1.32 bits per heavy atom. The number of sulfonamides is 1. The van der Waals surface area contributed by atoms with E-state index in [1.807, 2.05) is 13.8 Å². The Balaban J connectivity index is 2.98. The maximum absolute atomic E-state index is 11.6. The Kier molecular flexibility index (Phi) is 8.14. The zero-order valence-electron chi connectivity index (χ0n) is 14.9. The van der Waals surface area contributed by atoms with Crippen LogP contribution in [0.3, 0.4) is 0 Å². The SMILES string of the molecule is CCOC(=O)COc1ccc(C(O)CNC(C)C)cc1NS(C)(=O)=O. The van der Waals surface area contributed by atoms with E-state index in [1.165, 1.54) is 12.1 Å². The van der Waals surface area contributed by atoms with E-state index in [4.69, 9.17) is 9.47 Å². The summed E-state index contributed by atoms with van der Waals surface area (Å²) in [5.74, 6) is -0.385. The molecule has 0 fully saturated rings. The Morgan fingerprint density at radius 2 is 2.00 bits per heavy atom. The van der Waals surface area contributed by atoms with Crippen molar-refractivity contribution < 1.29 is 27.8 Å². The van der Waals surface area contributed by atoms with Crippen molar-refractivity contribution in [3.63, 3.8) is 0 Å². The average molecular weight is 374 g/mol. The van der Waals surface area contributed by atoms with Crippen LogP contribution in [-0.4, -0.2) is 51.5 Å². The minimum absolute atomic E-state index is 0.146. The second-order valence-electron chi connectivity index (χ2n) is 5.80. The Bertz CT molecular complexity index is 675. The molecular weight excluding hydrogens is 348 g/mol. The molecular formula is C16H26N2O6S. The number of hydrogen-bond donors (Lipinski definition) is 3. The number of esters is 1. The fraction of sp³-hybridized carbons (Fsp3) is 0.562. The van der Waals surface area contributed by atoms with Gasteiger partial charge in [0.2, 0.25) is 10.0 Å². The third kappa shape index (κ3) is 8.19. The van der Waals surface area contributed by atoms with Crippen LogP contribution in [0.4, 0.5) is 5.69 Å². The second kappa shape index (κ2) is 9.59. The van der Waals surface area contributed by atoms with Crippen molar-refractivity contribution in [2.45, 2.75) is 32.9 Å². The van der Waals surface area contributed by atoms with Gasteiger partial charge in [0.25, 0.3) is 0 Å². The van der Waals surface area contributed by atoms with Gasteiger partial charge in [0, 0.05) is 12.6 Å². The van der Waals surface area contributed by atoms with Gasteiger partial charge in [0.05, 0.1) is 24.7 Å². The van der Waals surface area contributed by atoms with E-state index in [-0.39, 0.29) is 30.7 Å². The van der Waals surface area contributed by atoms with Crippen molar-refractivity contribution in [3.05, 3.63) is 23.8 Å². The summed E-state index contributed by atoms with van der Waals surface area (Å²) in [5.41, 5.74) is 0.663. The Morgan fingerprint density at radius 3 is 2.56 bits per heavy atom. The highest BCUT2D eigenvalue weighted by Crippen LogP contribution is 2.29. The largest absolute Gasteiger partial charge is 0.480 e. The van der Waals surface area contributed by atoms with Crippen molar-refractivity contribution in [3.8, 4) is 5.75 Å². The first-order valence-electron chi connectivity index (χ1n) is 7.94. The second-order valence-corrected chi connectivity index (χ2v) is 7.55. The molecule has 0 heterocycles. The van der Waals surface area contributed by atoms with Gasteiger partial charge in [-0.1, -0.05) is 19.9 Å². The molecule has 3 N–H and O–H groups in total. The average Bonchev–Trinajstić information content (AvgIpc) is 2.50. The van der Waals surface area contributed by atoms with Crippen LogP contribution in [0.2, 0.25) is 0 Å². The topological polar surface area (TPSA) is 114 Å². The number of carbonyl (C=O) groups excluding carboxylic acids is 1. The normalized spacial score (nSPS) is 12.7. The lowest BCUT2D eigenvalue weighted by Gasteiger charge is -2.17. The summed E-state index contributed by atoms with van der Waals surface area (Å²) in [6.45, 7) is 5.79. The van der Waals surface area contributed by atoms with Crippen molar-refractivity contribution in [1.29, 1.82) is 0 Å². The molecule has 0 saturated heterocycles. The molecule has 0 aliphatic carbocycles. The lowest BCUT2D eigenvalue weighted by atomic mass is 10.1. The summed E-state index contributed by atoms with van der Waals surface area (Å²) >= 11 is 0. The highest BCUT2D eigenvalue weighted by atomic mass is 32.2. The number of aliphatic hydroxyl groups is 1. The third-order valence-corrected chi connectivity index (χ3v) is 3.64. The van der Waals surface area contributed by atoms with Crippen molar-refractivity contribution in [2.75, 3.05) is 30.7 Å². The molecule has 0 aromatic heterocycles. The van der Waals surface area contributed by atoms with Gasteiger partial charge in [-0.25, -0.2) is 13.2 Å². The van der Waals surface area contributed by atoms with E-state index in [0.717, 1.165) is 6.26 Å². The van der Waals surface area contributed by atoms with E-state index < -0.39 is 22.1 Å². The van der Waals surface area contributed by atoms with Crippen molar-refractivity contribution in [2.24, 2.45) is 0 Å². The van der Waals surface area contributed by atoms with Crippen LogP contribution in [0.1, 0.15) is 32.4 Å². The monoisotopic (exact) mass is 374 g/mol. The molecule has 1 aromatic rings. The van der Waals surface area contributed by atoms with E-state index in [0.29, 0.717) is 12.1 Å². The highest BCUT2D eigenvalue weighted by Gasteiger charge is 2.15. The summed E-state index contributed by atoms with van der Waals surface area (Å²) < 4.78 is 35.5. The number of nitrogens with one attached hydrogen (secondary N) is 2. The first-order chi connectivity index (χ1) is 11.6. The zero-order valence-corrected chi connectivity index (χ0v) is 15.7. The van der Waals surface area contributed by atoms with Crippen LogP contribution >= 0.6 is 0 Å². The van der Waals surface area contributed by atoms with Crippen molar-refractivity contribution >= 4 is 21.7 Å². The number of carbonyl (C=O) groups is 1. The smallest absolute Gasteiger partial charge is 0.344 e. The predicted molar refractivity (Wildman–Crippen MR) is 95.1 cm³/mol. The molecule has 1 atom stereocenters. The summed E-state index contributed by atoms with van der Waals surface area (Å²) in [6, 6.07) is 4.80. The first-order valence-corrected chi connectivity index (χ1v) is 9.83. The minimum atomic E-state index is -3.56. The summed E-state index contributed by atoms with van der Waals surface area (Å²) in [5, 5.41) is 13.3. The standard InChI is InChI=1S/C16H26N2O6S/c1-5-23-16(20)10-24-15-7-6-12(14(19)9-17-11(2)3)8-13(15)18-25(4,21)22/h6-8,11,14,17-19H,5,9-10H2,1-4H3. The van der Waals surface area contributed by atoms with Gasteiger partial charge in [-0.3, -0.25) is 4.72 Å². The highest BCUT2D eigenvalue weighted by molar-refractivity contribution is 7.92. The molecule has 0 saturated carbocycles. The van der Waals surface area contributed by atoms with E-state index in [1.54, 1.807) is 13.0 Å². The molecule has 0 aliphatic heterocycles. The number of hydrogen-bond acceptors (Lipinski definition) is 7. The molecule has 1 aromatic carbocycles. The summed E-state index contributed by atoms with van der Waals surface area (Å²) in [7, 11) is -3.56. The van der Waals surface area contributed by atoms with Crippen LogP contribution < -0.4 is 14.8 Å². The fourth-order valence-electron chi connectivity index (χ4n) is 1.96. The minimum Gasteiger partial charge on any atom is -0.480 e. The quantitative estimate of drug-likeness (QED) is 0.524. The molecule has 0 radical (unpaired) electrons. The molecule has 9 heteroatoms. The third-order valence-electron chi connectivity index (χ3n) is 3.05. The van der Waals surface area contributed by atoms with Gasteiger partial charge < -0.3 is 19.9 Å². The van der Waals surface area contributed by atoms with E-state index >= 15 is 0 Å². The molecule has 8 nitrogen and oxygen atoms in total. The van der Waals surface area contributed by atoms with Crippen LogP contribution in [0.15, 0.2) is 18.2 Å². The number of rotatable bonds is 10. The molecule has 0 bridgehead atoms. The number of benzene rings is 1. The maximum atomic E-state index is 11.6. The zero-order chi connectivity index (χ0) is 19.0. The number of anilines is 1. The van der Waals surface area contributed by atoms with Crippen LogP contribution in [0, 0.1) is 0 Å². The molecule has 1 rings (SSSR count). The molecule has 142 valence electrons. The van der Waals surface area contributed by atoms with Gasteiger partial charge >= 0.3 is 5.97 Å². The predicted octanol–water partition coefficient (Wildman–Crippen LogP) is 1.03.